The van der Waals surface area contributed by atoms with Gasteiger partial charge in [0.1, 0.15) is 11.3 Å². The number of aliphatic hydroxyl groups excluding tert-OH is 1. The molecule has 0 bridgehead atoms. The van der Waals surface area contributed by atoms with E-state index in [0.29, 0.717) is 13.0 Å². The Kier molecular flexibility index (Phi) is 6.24. The van der Waals surface area contributed by atoms with Crippen molar-refractivity contribution < 1.29 is 31.5 Å². The summed E-state index contributed by atoms with van der Waals surface area (Å²) >= 11 is 0. The molecule has 0 aromatic heterocycles. The number of fused-ring (bicyclic) bond motifs is 1. The van der Waals surface area contributed by atoms with Gasteiger partial charge in [-0.1, -0.05) is 13.8 Å². The summed E-state index contributed by atoms with van der Waals surface area (Å²) < 4.78 is 51.8. The minimum atomic E-state index is -4.56. The Labute approximate surface area is 192 Å². The summed E-state index contributed by atoms with van der Waals surface area (Å²) in [6, 6.07) is 2.92. The third-order valence-corrected chi connectivity index (χ3v) is 7.81. The van der Waals surface area contributed by atoms with Gasteiger partial charge in [0.2, 0.25) is 19.9 Å². The fourth-order valence-corrected chi connectivity index (χ4v) is 5.86. The summed E-state index contributed by atoms with van der Waals surface area (Å²) in [7, 11) is -8.26. The van der Waals surface area contributed by atoms with Crippen LogP contribution in [-0.2, 0) is 29.4 Å². The van der Waals surface area contributed by atoms with Crippen LogP contribution in [0, 0.1) is 5.92 Å². The number of anilines is 2. The zero-order valence-corrected chi connectivity index (χ0v) is 20.2. The first kappa shape index (κ1) is 24.6. The Balaban J connectivity index is 2.15. The van der Waals surface area contributed by atoms with Gasteiger partial charge in [0.25, 0.3) is 11.8 Å². The Morgan fingerprint density at radius 2 is 1.97 bits per heavy atom. The number of amides is 2. The maximum absolute atomic E-state index is 13.3. The fraction of sp³-hybridized carbons (Fsp3) is 0.400. The molecule has 0 saturated carbocycles. The molecule has 180 valence electrons. The molecule has 0 fully saturated rings. The summed E-state index contributed by atoms with van der Waals surface area (Å²) in [5.41, 5.74) is 4.61. The second-order valence-corrected chi connectivity index (χ2v) is 12.0. The number of nitrogens with two attached hydrogens (primary N) is 1. The number of sulfonamides is 1. The summed E-state index contributed by atoms with van der Waals surface area (Å²) in [4.78, 5) is 25.5. The van der Waals surface area contributed by atoms with E-state index in [2.05, 4.69) is 10.0 Å². The van der Waals surface area contributed by atoms with Crippen LogP contribution in [0.3, 0.4) is 0 Å². The van der Waals surface area contributed by atoms with Crippen LogP contribution >= 0.6 is 0 Å². The molecule has 2 heterocycles. The minimum Gasteiger partial charge on any atom is -0.509 e. The molecule has 13 heteroatoms. The molecule has 2 aliphatic rings. The third kappa shape index (κ3) is 4.55. The number of nitrogens with one attached hydrogen (secondary N) is 2. The number of aliphatic hydroxyl groups is 1. The maximum atomic E-state index is 13.3. The highest BCUT2D eigenvalue weighted by molar-refractivity contribution is 7.96. The van der Waals surface area contributed by atoms with E-state index < -0.39 is 53.2 Å². The number of primary amides is 1. The molecule has 1 unspecified atom stereocenters. The van der Waals surface area contributed by atoms with E-state index >= 15 is 0 Å². The van der Waals surface area contributed by atoms with Gasteiger partial charge in [-0.05, 0) is 37.5 Å². The number of sulfone groups is 1. The van der Waals surface area contributed by atoms with Crippen molar-refractivity contribution in [1.82, 2.24) is 4.90 Å². The van der Waals surface area contributed by atoms with E-state index in [1.807, 2.05) is 13.8 Å². The molecule has 1 atom stereocenters. The van der Waals surface area contributed by atoms with Crippen molar-refractivity contribution in [3.05, 3.63) is 40.1 Å². The number of hydrogen-bond acceptors (Lipinski definition) is 8. The first-order chi connectivity index (χ1) is 15.1. The van der Waals surface area contributed by atoms with Crippen LogP contribution in [-0.4, -0.2) is 57.5 Å². The van der Waals surface area contributed by atoms with Crippen molar-refractivity contribution in [2.24, 2.45) is 11.7 Å². The molecule has 1 aromatic rings. The predicted octanol–water partition coefficient (Wildman–Crippen LogP) is 1.04. The highest BCUT2D eigenvalue weighted by Crippen LogP contribution is 2.41. The van der Waals surface area contributed by atoms with Crippen LogP contribution in [0.2, 0.25) is 0 Å². The van der Waals surface area contributed by atoms with Crippen LogP contribution in [0.4, 0.5) is 11.4 Å². The molecule has 11 nitrogen and oxygen atoms in total. The molecule has 0 radical (unpaired) electrons. The highest BCUT2D eigenvalue weighted by Gasteiger charge is 2.44. The van der Waals surface area contributed by atoms with Crippen molar-refractivity contribution in [2.45, 2.75) is 38.1 Å². The number of nitrogens with zero attached hydrogens (tertiary/aromatic N) is 1. The quantitative estimate of drug-likeness (QED) is 0.431. The Hall–Kier alpha value is -3.06. The zero-order chi connectivity index (χ0) is 24.9. The van der Waals surface area contributed by atoms with Crippen molar-refractivity contribution >= 4 is 43.0 Å². The standard InChI is InChI=1S/C20H26N4O7S2/c1-10(2)7-8-24-11(3)17(25)15(20(24)27)16-18(19(21)26)33(30,31)14-9-12(23-32(4,28)29)5-6-13(14)22-16/h5-6,9-11,22-23,25H,7-8H2,1-4H3,(H2,21,26). The summed E-state index contributed by atoms with van der Waals surface area (Å²) in [5, 5.41) is 13.5. The third-order valence-electron chi connectivity index (χ3n) is 5.35. The maximum Gasteiger partial charge on any atom is 0.262 e. The molecule has 3 rings (SSSR count). The van der Waals surface area contributed by atoms with Crippen LogP contribution < -0.4 is 15.8 Å². The highest BCUT2D eigenvalue weighted by atomic mass is 32.2. The summed E-state index contributed by atoms with van der Waals surface area (Å²) in [6.07, 6.45) is 1.56. The normalized spacial score (nSPS) is 20.2. The Morgan fingerprint density at radius 1 is 1.33 bits per heavy atom. The van der Waals surface area contributed by atoms with Gasteiger partial charge in [0, 0.05) is 12.2 Å². The van der Waals surface area contributed by atoms with Gasteiger partial charge in [-0.3, -0.25) is 14.3 Å². The lowest BCUT2D eigenvalue weighted by molar-refractivity contribution is -0.126. The monoisotopic (exact) mass is 498 g/mol. The van der Waals surface area contributed by atoms with E-state index in [-0.39, 0.29) is 28.6 Å². The first-order valence-corrected chi connectivity index (χ1v) is 13.4. The largest absolute Gasteiger partial charge is 0.509 e. The number of carbonyl (C=O) groups is 2. The molecule has 5 N–H and O–H groups in total. The van der Waals surface area contributed by atoms with Gasteiger partial charge >= 0.3 is 0 Å². The number of hydrogen-bond donors (Lipinski definition) is 4. The second kappa shape index (κ2) is 8.37. The number of benzene rings is 1. The molecule has 2 amide bonds. The molecular weight excluding hydrogens is 472 g/mol. The smallest absolute Gasteiger partial charge is 0.262 e. The Bertz CT molecular complexity index is 1310. The van der Waals surface area contributed by atoms with Crippen molar-refractivity contribution in [3.8, 4) is 0 Å². The Morgan fingerprint density at radius 3 is 2.52 bits per heavy atom. The average Bonchev–Trinajstić information content (AvgIpc) is 2.87. The van der Waals surface area contributed by atoms with Crippen LogP contribution in [0.5, 0.6) is 0 Å². The number of carbonyl (C=O) groups excluding carboxylic acids is 2. The summed E-state index contributed by atoms with van der Waals surface area (Å²) in [6.45, 7) is 5.88. The average molecular weight is 499 g/mol. The molecule has 33 heavy (non-hydrogen) atoms. The zero-order valence-electron chi connectivity index (χ0n) is 18.5. The second-order valence-electron chi connectivity index (χ2n) is 8.40. The SMILES string of the molecule is CC(C)CCN1C(=O)C(C2=C(C(N)=O)S(=O)(=O)c3cc(NS(C)(=O)=O)ccc3N2)=C(O)C1C. The molecule has 1 aromatic carbocycles. The van der Waals surface area contributed by atoms with Gasteiger partial charge in [-0.2, -0.15) is 0 Å². The van der Waals surface area contributed by atoms with E-state index in [9.17, 15) is 31.5 Å². The lowest BCUT2D eigenvalue weighted by Crippen LogP contribution is -2.36. The van der Waals surface area contributed by atoms with Crippen molar-refractivity contribution in [2.75, 3.05) is 22.8 Å². The lowest BCUT2D eigenvalue weighted by atomic mass is 10.1. The lowest BCUT2D eigenvalue weighted by Gasteiger charge is -2.25. The van der Waals surface area contributed by atoms with Crippen molar-refractivity contribution in [1.29, 1.82) is 0 Å². The summed E-state index contributed by atoms with van der Waals surface area (Å²) in [5.74, 6) is -2.05. The fourth-order valence-electron chi connectivity index (χ4n) is 3.71. The van der Waals surface area contributed by atoms with E-state index in [1.54, 1.807) is 6.92 Å². The topological polar surface area (TPSA) is 176 Å². The molecule has 0 saturated heterocycles. The molecule has 0 spiro atoms. The molecular formula is C20H26N4O7S2. The molecule has 2 aliphatic heterocycles. The van der Waals surface area contributed by atoms with Gasteiger partial charge < -0.3 is 21.1 Å². The first-order valence-electron chi connectivity index (χ1n) is 10.1. The van der Waals surface area contributed by atoms with Crippen molar-refractivity contribution in [3.63, 3.8) is 0 Å². The van der Waals surface area contributed by atoms with Crippen LogP contribution in [0.15, 0.2) is 45.0 Å². The minimum absolute atomic E-state index is 0.00423. The van der Waals surface area contributed by atoms with Gasteiger partial charge in [0.15, 0.2) is 4.91 Å². The van der Waals surface area contributed by atoms with E-state index in [0.717, 1.165) is 12.3 Å². The van der Waals surface area contributed by atoms with Gasteiger partial charge in [-0.25, -0.2) is 16.8 Å². The van der Waals surface area contributed by atoms with Crippen LogP contribution in [0.25, 0.3) is 0 Å². The van der Waals surface area contributed by atoms with E-state index in [1.165, 1.54) is 17.0 Å². The predicted molar refractivity (Wildman–Crippen MR) is 122 cm³/mol. The van der Waals surface area contributed by atoms with Crippen LogP contribution in [0.1, 0.15) is 27.2 Å². The number of rotatable bonds is 7. The van der Waals surface area contributed by atoms with E-state index in [4.69, 9.17) is 5.73 Å². The van der Waals surface area contributed by atoms with Gasteiger partial charge in [0.05, 0.1) is 28.6 Å². The molecule has 0 aliphatic carbocycles. The van der Waals surface area contributed by atoms with Gasteiger partial charge in [-0.15, -0.1) is 0 Å².